The Labute approximate surface area is 180 Å². The molecule has 9 heteroatoms. The minimum Gasteiger partial charge on any atom is -0.461 e. The number of hydrogen-bond acceptors (Lipinski definition) is 5. The summed E-state index contributed by atoms with van der Waals surface area (Å²) in [6.45, 7) is 3.45. The first-order valence-corrected chi connectivity index (χ1v) is 9.74. The van der Waals surface area contributed by atoms with Crippen LogP contribution in [-0.2, 0) is 4.74 Å². The normalized spacial score (nSPS) is 11.0. The van der Waals surface area contributed by atoms with Crippen molar-refractivity contribution in [1.29, 1.82) is 0 Å². The third-order valence-corrected chi connectivity index (χ3v) is 4.93. The lowest BCUT2D eigenvalue weighted by Crippen LogP contribution is -2.17. The number of esters is 1. The molecule has 2 heterocycles. The SMILES string of the molecule is CCOC(=O)c1[nH]c(=O)c2c(C)[nH]cc2c1-c1cc(N)ccc1Oc1ccc(F)cc1F. The Morgan fingerprint density at radius 3 is 2.59 bits per heavy atom. The van der Waals surface area contributed by atoms with E-state index in [-0.39, 0.29) is 23.8 Å². The topological polar surface area (TPSA) is 110 Å². The van der Waals surface area contributed by atoms with Gasteiger partial charge in [0.25, 0.3) is 5.56 Å². The number of pyridine rings is 1. The molecule has 0 fully saturated rings. The maximum Gasteiger partial charge on any atom is 0.355 e. The fraction of sp³-hybridized carbons (Fsp3) is 0.130. The highest BCUT2D eigenvalue weighted by Gasteiger charge is 2.24. The number of H-pyrrole nitrogens is 2. The average Bonchev–Trinajstić information content (AvgIpc) is 3.13. The van der Waals surface area contributed by atoms with E-state index in [9.17, 15) is 18.4 Å². The quantitative estimate of drug-likeness (QED) is 0.309. The van der Waals surface area contributed by atoms with Crippen molar-refractivity contribution >= 4 is 22.4 Å². The van der Waals surface area contributed by atoms with E-state index in [0.717, 1.165) is 12.1 Å². The van der Waals surface area contributed by atoms with Gasteiger partial charge in [-0.15, -0.1) is 0 Å². The Kier molecular flexibility index (Phi) is 5.40. The Morgan fingerprint density at radius 1 is 1.12 bits per heavy atom. The van der Waals surface area contributed by atoms with Crippen molar-refractivity contribution in [3.63, 3.8) is 0 Å². The minimum atomic E-state index is -0.900. The number of aromatic amines is 2. The molecule has 0 aliphatic carbocycles. The Balaban J connectivity index is 2.01. The van der Waals surface area contributed by atoms with Crippen LogP contribution in [0.15, 0.2) is 47.4 Å². The van der Waals surface area contributed by atoms with E-state index in [1.807, 2.05) is 0 Å². The number of anilines is 1. The van der Waals surface area contributed by atoms with Crippen molar-refractivity contribution in [2.24, 2.45) is 0 Å². The zero-order valence-electron chi connectivity index (χ0n) is 17.2. The van der Waals surface area contributed by atoms with E-state index < -0.39 is 23.2 Å². The van der Waals surface area contributed by atoms with E-state index in [1.165, 1.54) is 18.2 Å². The second-order valence-electron chi connectivity index (χ2n) is 7.06. The van der Waals surface area contributed by atoms with Gasteiger partial charge in [-0.1, -0.05) is 0 Å². The van der Waals surface area contributed by atoms with Crippen LogP contribution in [0.4, 0.5) is 14.5 Å². The summed E-state index contributed by atoms with van der Waals surface area (Å²) in [7, 11) is 0. The molecule has 0 spiro atoms. The minimum absolute atomic E-state index is 0.0889. The van der Waals surface area contributed by atoms with Crippen molar-refractivity contribution in [1.82, 2.24) is 9.97 Å². The Hall–Kier alpha value is -4.14. The number of benzene rings is 2. The highest BCUT2D eigenvalue weighted by Crippen LogP contribution is 2.40. The molecular weight excluding hydrogens is 420 g/mol. The molecule has 0 saturated carbocycles. The third-order valence-electron chi connectivity index (χ3n) is 4.93. The summed E-state index contributed by atoms with van der Waals surface area (Å²) in [6, 6.07) is 7.49. The number of aromatic nitrogens is 2. The number of carbonyl (C=O) groups is 1. The second-order valence-corrected chi connectivity index (χ2v) is 7.06. The van der Waals surface area contributed by atoms with E-state index in [2.05, 4.69) is 9.97 Å². The molecule has 2 aromatic heterocycles. The summed E-state index contributed by atoms with van der Waals surface area (Å²) in [5.74, 6) is -2.48. The van der Waals surface area contributed by atoms with Gasteiger partial charge in [-0.05, 0) is 44.2 Å². The van der Waals surface area contributed by atoms with Crippen LogP contribution >= 0.6 is 0 Å². The van der Waals surface area contributed by atoms with E-state index in [0.29, 0.717) is 39.3 Å². The summed E-state index contributed by atoms with van der Waals surface area (Å²) < 4.78 is 38.4. The first kappa shape index (κ1) is 21.1. The molecule has 0 aliphatic rings. The third kappa shape index (κ3) is 3.68. The molecular formula is C23H19F2N3O4. The number of halogens is 2. The van der Waals surface area contributed by atoms with E-state index >= 15 is 0 Å². The zero-order valence-corrected chi connectivity index (χ0v) is 17.2. The summed E-state index contributed by atoms with van der Waals surface area (Å²) in [4.78, 5) is 30.9. The van der Waals surface area contributed by atoms with Gasteiger partial charge >= 0.3 is 5.97 Å². The fourth-order valence-electron chi connectivity index (χ4n) is 3.53. The van der Waals surface area contributed by atoms with Crippen molar-refractivity contribution in [3.05, 3.63) is 76.0 Å². The second kappa shape index (κ2) is 8.18. The largest absolute Gasteiger partial charge is 0.461 e. The van der Waals surface area contributed by atoms with Gasteiger partial charge in [-0.25, -0.2) is 13.6 Å². The smallest absolute Gasteiger partial charge is 0.355 e. The molecule has 164 valence electrons. The van der Waals surface area contributed by atoms with Gasteiger partial charge in [-0.2, -0.15) is 0 Å². The number of ether oxygens (including phenoxy) is 2. The molecule has 0 saturated heterocycles. The van der Waals surface area contributed by atoms with Crippen molar-refractivity contribution in [2.45, 2.75) is 13.8 Å². The van der Waals surface area contributed by atoms with Gasteiger partial charge < -0.3 is 25.2 Å². The molecule has 0 amide bonds. The lowest BCUT2D eigenvalue weighted by atomic mass is 9.97. The number of rotatable bonds is 5. The Bertz CT molecular complexity index is 1410. The first-order chi connectivity index (χ1) is 15.3. The van der Waals surface area contributed by atoms with Gasteiger partial charge in [0.2, 0.25) is 0 Å². The molecule has 32 heavy (non-hydrogen) atoms. The number of aryl methyl sites for hydroxylation is 1. The number of nitrogens with two attached hydrogens (primary N) is 1. The lowest BCUT2D eigenvalue weighted by molar-refractivity contribution is 0.0520. The predicted octanol–water partition coefficient (Wildman–Crippen LogP) is 4.66. The number of nitrogens with one attached hydrogen (secondary N) is 2. The molecule has 0 atom stereocenters. The van der Waals surface area contributed by atoms with Crippen LogP contribution in [0, 0.1) is 18.6 Å². The van der Waals surface area contributed by atoms with Crippen LogP contribution in [0.25, 0.3) is 21.9 Å². The fourth-order valence-corrected chi connectivity index (χ4v) is 3.53. The molecule has 4 rings (SSSR count). The monoisotopic (exact) mass is 439 g/mol. The maximum atomic E-state index is 14.3. The Morgan fingerprint density at radius 2 is 1.88 bits per heavy atom. The summed E-state index contributed by atoms with van der Waals surface area (Å²) in [5, 5.41) is 0.777. The predicted molar refractivity (Wildman–Crippen MR) is 116 cm³/mol. The molecule has 7 nitrogen and oxygen atoms in total. The maximum absolute atomic E-state index is 14.3. The van der Waals surface area contributed by atoms with Crippen LogP contribution in [0.1, 0.15) is 23.1 Å². The number of nitrogen functional groups attached to an aromatic ring is 1. The van der Waals surface area contributed by atoms with Crippen LogP contribution in [0.2, 0.25) is 0 Å². The van der Waals surface area contributed by atoms with E-state index in [1.54, 1.807) is 20.0 Å². The number of hydrogen-bond donors (Lipinski definition) is 3. The zero-order chi connectivity index (χ0) is 23.0. The van der Waals surface area contributed by atoms with Gasteiger partial charge in [0.05, 0.1) is 12.0 Å². The lowest BCUT2D eigenvalue weighted by Gasteiger charge is -2.16. The van der Waals surface area contributed by atoms with Gasteiger partial charge in [0.1, 0.15) is 17.3 Å². The molecule has 0 radical (unpaired) electrons. The molecule has 4 aromatic rings. The summed E-state index contributed by atoms with van der Waals surface area (Å²) in [5.41, 5.74) is 6.97. The standard InChI is InChI=1S/C23H19F2N3O4/c1-3-31-23(30)21-20(15-10-27-11(2)19(15)22(29)28-21)14-9-13(26)5-7-17(14)32-18-6-4-12(24)8-16(18)25/h4-10,27H,3,26H2,1-2H3,(H,28,29). The van der Waals surface area contributed by atoms with Crippen LogP contribution < -0.4 is 16.0 Å². The average molecular weight is 439 g/mol. The van der Waals surface area contributed by atoms with Crippen molar-refractivity contribution < 1.29 is 23.0 Å². The molecule has 0 aliphatic heterocycles. The molecule has 0 unspecified atom stereocenters. The first-order valence-electron chi connectivity index (χ1n) is 9.74. The van der Waals surface area contributed by atoms with Crippen LogP contribution in [-0.4, -0.2) is 22.5 Å². The highest BCUT2D eigenvalue weighted by atomic mass is 19.1. The number of carbonyl (C=O) groups excluding carboxylic acids is 1. The summed E-state index contributed by atoms with van der Waals surface area (Å²) >= 11 is 0. The van der Waals surface area contributed by atoms with Gasteiger partial charge in [-0.3, -0.25) is 4.79 Å². The van der Waals surface area contributed by atoms with Crippen molar-refractivity contribution in [3.8, 4) is 22.6 Å². The van der Waals surface area contributed by atoms with Crippen LogP contribution in [0.5, 0.6) is 11.5 Å². The van der Waals surface area contributed by atoms with E-state index in [4.69, 9.17) is 15.2 Å². The van der Waals surface area contributed by atoms with Gasteiger partial charge in [0, 0.05) is 40.2 Å². The van der Waals surface area contributed by atoms with Crippen molar-refractivity contribution in [2.75, 3.05) is 12.3 Å². The molecule has 4 N–H and O–H groups in total. The molecule has 0 bridgehead atoms. The van der Waals surface area contributed by atoms with Gasteiger partial charge in [0.15, 0.2) is 11.6 Å². The summed E-state index contributed by atoms with van der Waals surface area (Å²) in [6.07, 6.45) is 1.59. The molecule has 2 aromatic carbocycles. The number of fused-ring (bicyclic) bond motifs is 1. The highest BCUT2D eigenvalue weighted by molar-refractivity contribution is 6.08. The van der Waals surface area contributed by atoms with Crippen LogP contribution in [0.3, 0.4) is 0 Å².